The zero-order chi connectivity index (χ0) is 26.7. The molecule has 3 heterocycles. The summed E-state index contributed by atoms with van der Waals surface area (Å²) in [6, 6.07) is 32.2. The van der Waals surface area contributed by atoms with Gasteiger partial charge in [0.05, 0.1) is 12.0 Å². The van der Waals surface area contributed by atoms with Crippen molar-refractivity contribution >= 4 is 34.4 Å². The van der Waals surface area contributed by atoms with E-state index < -0.39 is 23.4 Å². The Balaban J connectivity index is 1.57. The fourth-order valence-corrected chi connectivity index (χ4v) is 6.94. The van der Waals surface area contributed by atoms with Crippen molar-refractivity contribution in [2.45, 2.75) is 24.4 Å². The molecule has 1 saturated heterocycles. The lowest BCUT2D eigenvalue weighted by atomic mass is 9.64. The van der Waals surface area contributed by atoms with E-state index in [0.29, 0.717) is 16.8 Å². The molecule has 1 spiro atoms. The van der Waals surface area contributed by atoms with E-state index in [4.69, 9.17) is 0 Å². The minimum absolute atomic E-state index is 0.174. The molecule has 0 bridgehead atoms. The number of amides is 1. The van der Waals surface area contributed by atoms with Crippen LogP contribution in [0.3, 0.4) is 0 Å². The number of carbonyl (C=O) groups excluding carboxylic acids is 3. The van der Waals surface area contributed by atoms with Gasteiger partial charge in [-0.3, -0.25) is 14.4 Å². The summed E-state index contributed by atoms with van der Waals surface area (Å²) < 4.78 is 0. The monoisotopic (exact) mass is 510 g/mol. The van der Waals surface area contributed by atoms with E-state index in [0.717, 1.165) is 22.4 Å². The Labute approximate surface area is 226 Å². The smallest absolute Gasteiger partial charge is 0.238 e. The Bertz CT molecular complexity index is 1680. The molecule has 190 valence electrons. The second-order valence-corrected chi connectivity index (χ2v) is 10.5. The van der Waals surface area contributed by atoms with Gasteiger partial charge in [-0.05, 0) is 30.2 Å². The molecule has 4 aromatic carbocycles. The number of rotatable bonds is 4. The minimum atomic E-state index is -1.30. The van der Waals surface area contributed by atoms with Crippen LogP contribution in [-0.2, 0) is 10.2 Å². The third-order valence-electron chi connectivity index (χ3n) is 8.55. The Kier molecular flexibility index (Phi) is 5.17. The molecule has 0 radical (unpaired) electrons. The van der Waals surface area contributed by atoms with Crippen LogP contribution in [0.1, 0.15) is 38.8 Å². The number of fused-ring (bicyclic) bond motifs is 6. The summed E-state index contributed by atoms with van der Waals surface area (Å²) in [5, 5.41) is 3.08. The van der Waals surface area contributed by atoms with Crippen molar-refractivity contribution < 1.29 is 14.4 Å². The van der Waals surface area contributed by atoms with E-state index in [1.165, 1.54) is 0 Å². The molecular formula is C34H26N2O3. The van der Waals surface area contributed by atoms with Gasteiger partial charge in [0.1, 0.15) is 11.5 Å². The summed E-state index contributed by atoms with van der Waals surface area (Å²) in [6.07, 6.45) is 2.08. The van der Waals surface area contributed by atoms with Crippen LogP contribution in [0, 0.1) is 5.92 Å². The van der Waals surface area contributed by atoms with Crippen LogP contribution in [0.5, 0.6) is 0 Å². The molecular weight excluding hydrogens is 484 g/mol. The van der Waals surface area contributed by atoms with Crippen LogP contribution in [0.25, 0.3) is 5.57 Å². The molecule has 0 aliphatic carbocycles. The molecule has 0 saturated carbocycles. The maximum atomic E-state index is 14.7. The van der Waals surface area contributed by atoms with Gasteiger partial charge in [-0.25, -0.2) is 0 Å². The standard InChI is InChI=1S/C34H26N2O3/c1-21-20-28-34(25-17-9-10-18-26(25)35-33(34)39)29(31(37)22-12-4-2-5-13-22)30(32(38)23-14-6-3-7-15-23)36(28)27-19-11-8-16-24(21)27/h2-20,28-30H,1H3,(H,35,39)/t28-,29+,30+,34-/m1/s1. The average molecular weight is 511 g/mol. The molecule has 39 heavy (non-hydrogen) atoms. The van der Waals surface area contributed by atoms with Gasteiger partial charge < -0.3 is 10.2 Å². The second-order valence-electron chi connectivity index (χ2n) is 10.5. The normalized spacial score (nSPS) is 24.4. The maximum absolute atomic E-state index is 14.7. The summed E-state index contributed by atoms with van der Waals surface area (Å²) in [6.45, 7) is 2.03. The van der Waals surface area contributed by atoms with Gasteiger partial charge >= 0.3 is 0 Å². The average Bonchev–Trinajstić information content (AvgIpc) is 3.45. The number of ketones is 2. The van der Waals surface area contributed by atoms with E-state index in [1.807, 2.05) is 96.8 Å². The number of Topliss-reactive ketones (excluding diaryl/α,β-unsaturated/α-hetero) is 2. The highest BCUT2D eigenvalue weighted by atomic mass is 16.2. The van der Waals surface area contributed by atoms with Crippen molar-refractivity contribution in [3.63, 3.8) is 0 Å². The quantitative estimate of drug-likeness (QED) is 0.346. The van der Waals surface area contributed by atoms with Gasteiger partial charge in [-0.15, -0.1) is 0 Å². The molecule has 4 aromatic rings. The fourth-order valence-electron chi connectivity index (χ4n) is 6.94. The number of nitrogens with zero attached hydrogens (tertiary/aromatic N) is 1. The highest BCUT2D eigenvalue weighted by Crippen LogP contribution is 2.58. The van der Waals surface area contributed by atoms with Gasteiger partial charge in [0.15, 0.2) is 11.6 Å². The zero-order valence-electron chi connectivity index (χ0n) is 21.4. The number of benzene rings is 4. The summed E-state index contributed by atoms with van der Waals surface area (Å²) in [5.74, 6) is -1.60. The van der Waals surface area contributed by atoms with Gasteiger partial charge in [-0.1, -0.05) is 103 Å². The predicted molar refractivity (Wildman–Crippen MR) is 152 cm³/mol. The van der Waals surface area contributed by atoms with Gasteiger partial charge in [0, 0.05) is 28.1 Å². The molecule has 5 nitrogen and oxygen atoms in total. The first-order chi connectivity index (χ1) is 19.0. The molecule has 0 unspecified atom stereocenters. The molecule has 3 aliphatic heterocycles. The van der Waals surface area contributed by atoms with E-state index in [1.54, 1.807) is 24.3 Å². The number of nitrogens with one attached hydrogen (secondary N) is 1. The molecule has 5 heteroatoms. The van der Waals surface area contributed by atoms with Crippen molar-refractivity contribution in [3.8, 4) is 0 Å². The minimum Gasteiger partial charge on any atom is -0.352 e. The maximum Gasteiger partial charge on any atom is 0.238 e. The van der Waals surface area contributed by atoms with Crippen molar-refractivity contribution in [2.24, 2.45) is 5.92 Å². The van der Waals surface area contributed by atoms with Crippen LogP contribution >= 0.6 is 0 Å². The Morgan fingerprint density at radius 2 is 1.33 bits per heavy atom. The molecule has 3 aliphatic rings. The Morgan fingerprint density at radius 1 is 0.744 bits per heavy atom. The van der Waals surface area contributed by atoms with Crippen LogP contribution in [0.15, 0.2) is 115 Å². The SMILES string of the molecule is CC1=C[C@H]2N(c3ccccc31)[C@H](C(=O)c1ccccc1)[C@@H](C(=O)c1ccccc1)[C@]21C(=O)Nc2ccccc21. The first kappa shape index (κ1) is 23.4. The fraction of sp³-hybridized carbons (Fsp3) is 0.147. The summed E-state index contributed by atoms with van der Waals surface area (Å²) >= 11 is 0. The van der Waals surface area contributed by atoms with E-state index in [2.05, 4.69) is 11.4 Å². The number of anilines is 2. The summed E-state index contributed by atoms with van der Waals surface area (Å²) in [5.41, 5.74) is 4.01. The number of allylic oxidation sites excluding steroid dienone is 1. The number of hydrogen-bond donors (Lipinski definition) is 1. The zero-order valence-corrected chi connectivity index (χ0v) is 21.4. The highest BCUT2D eigenvalue weighted by Gasteiger charge is 2.70. The summed E-state index contributed by atoms with van der Waals surface area (Å²) in [7, 11) is 0. The van der Waals surface area contributed by atoms with E-state index >= 15 is 0 Å². The Hall–Kier alpha value is -4.77. The van der Waals surface area contributed by atoms with Crippen LogP contribution < -0.4 is 10.2 Å². The molecule has 4 atom stereocenters. The van der Waals surface area contributed by atoms with Crippen LogP contribution in [0.4, 0.5) is 11.4 Å². The first-order valence-corrected chi connectivity index (χ1v) is 13.2. The summed E-state index contributed by atoms with van der Waals surface area (Å²) in [4.78, 5) is 45.6. The molecule has 7 rings (SSSR count). The number of hydrogen-bond acceptors (Lipinski definition) is 4. The highest BCUT2D eigenvalue weighted by molar-refractivity contribution is 6.18. The third kappa shape index (κ3) is 3.16. The number of carbonyl (C=O) groups is 3. The topological polar surface area (TPSA) is 66.5 Å². The van der Waals surface area contributed by atoms with Gasteiger partial charge in [-0.2, -0.15) is 0 Å². The molecule has 1 N–H and O–H groups in total. The predicted octanol–water partition coefficient (Wildman–Crippen LogP) is 5.93. The lowest BCUT2D eigenvalue weighted by Crippen LogP contribution is -2.51. The van der Waals surface area contributed by atoms with Crippen LogP contribution in [-0.4, -0.2) is 29.6 Å². The number of para-hydroxylation sites is 2. The first-order valence-electron chi connectivity index (χ1n) is 13.2. The Morgan fingerprint density at radius 3 is 2.05 bits per heavy atom. The lowest BCUT2D eigenvalue weighted by molar-refractivity contribution is -0.121. The van der Waals surface area contributed by atoms with E-state index in [9.17, 15) is 14.4 Å². The lowest BCUT2D eigenvalue weighted by Gasteiger charge is -2.39. The van der Waals surface area contributed by atoms with Crippen molar-refractivity contribution in [1.82, 2.24) is 0 Å². The van der Waals surface area contributed by atoms with Gasteiger partial charge in [0.2, 0.25) is 5.91 Å². The van der Waals surface area contributed by atoms with Crippen molar-refractivity contribution in [3.05, 3.63) is 138 Å². The van der Waals surface area contributed by atoms with E-state index in [-0.39, 0.29) is 17.5 Å². The second kappa shape index (κ2) is 8.63. The largest absolute Gasteiger partial charge is 0.352 e. The van der Waals surface area contributed by atoms with Crippen LogP contribution in [0.2, 0.25) is 0 Å². The van der Waals surface area contributed by atoms with Crippen molar-refractivity contribution in [1.29, 1.82) is 0 Å². The molecule has 1 amide bonds. The third-order valence-corrected chi connectivity index (χ3v) is 8.55. The molecule has 0 aromatic heterocycles. The molecule has 1 fully saturated rings. The van der Waals surface area contributed by atoms with Crippen molar-refractivity contribution in [2.75, 3.05) is 10.2 Å². The van der Waals surface area contributed by atoms with Gasteiger partial charge in [0.25, 0.3) is 0 Å².